The van der Waals surface area contributed by atoms with E-state index >= 15 is 0 Å². The predicted octanol–water partition coefficient (Wildman–Crippen LogP) is 2.67. The minimum Gasteiger partial charge on any atom is -0.398 e. The highest BCUT2D eigenvalue weighted by Crippen LogP contribution is 2.32. The molecule has 0 radical (unpaired) electrons. The molecule has 2 heterocycles. The van der Waals surface area contributed by atoms with Gasteiger partial charge in [-0.05, 0) is 35.4 Å². The molecule has 3 N–H and O–H groups in total. The van der Waals surface area contributed by atoms with Crippen molar-refractivity contribution in [1.29, 1.82) is 0 Å². The number of hydrogen-bond acceptors (Lipinski definition) is 3. The summed E-state index contributed by atoms with van der Waals surface area (Å²) in [5.41, 5.74) is 12.8. The van der Waals surface area contributed by atoms with Crippen LogP contribution in [-0.2, 0) is 13.1 Å². The third-order valence-electron chi connectivity index (χ3n) is 3.79. The number of imidazole rings is 1. The van der Waals surface area contributed by atoms with E-state index in [0.29, 0.717) is 0 Å². The second-order valence-corrected chi connectivity index (χ2v) is 4.94. The second kappa shape index (κ2) is 3.75. The molecule has 4 heteroatoms. The van der Waals surface area contributed by atoms with E-state index in [-0.39, 0.29) is 0 Å². The van der Waals surface area contributed by atoms with E-state index in [1.54, 1.807) is 6.33 Å². The van der Waals surface area contributed by atoms with Gasteiger partial charge in [-0.25, -0.2) is 4.98 Å². The summed E-state index contributed by atoms with van der Waals surface area (Å²) in [5.74, 6) is 0. The van der Waals surface area contributed by atoms with Crippen molar-refractivity contribution in [3.8, 4) is 0 Å². The van der Waals surface area contributed by atoms with Crippen LogP contribution in [0, 0.1) is 0 Å². The first kappa shape index (κ1) is 10.4. The molecule has 3 aromatic rings. The van der Waals surface area contributed by atoms with Crippen molar-refractivity contribution in [2.45, 2.75) is 13.1 Å². The van der Waals surface area contributed by atoms with Crippen molar-refractivity contribution in [3.63, 3.8) is 0 Å². The van der Waals surface area contributed by atoms with Crippen LogP contribution < -0.4 is 10.6 Å². The zero-order valence-corrected chi connectivity index (χ0v) is 10.4. The van der Waals surface area contributed by atoms with E-state index in [0.717, 1.165) is 29.8 Å². The number of hydrogen-bond donors (Lipinski definition) is 2. The van der Waals surface area contributed by atoms with E-state index in [9.17, 15) is 0 Å². The zero-order valence-electron chi connectivity index (χ0n) is 10.4. The Balaban J connectivity index is 1.73. The number of nitrogens with two attached hydrogens (primary N) is 1. The van der Waals surface area contributed by atoms with E-state index in [2.05, 4.69) is 33.1 Å². The molecule has 0 bridgehead atoms. The Hall–Kier alpha value is -2.49. The molecule has 1 aliphatic rings. The van der Waals surface area contributed by atoms with Crippen molar-refractivity contribution in [3.05, 3.63) is 53.9 Å². The minimum atomic E-state index is 0.877. The highest BCUT2D eigenvalue weighted by atomic mass is 15.1. The van der Waals surface area contributed by atoms with E-state index in [1.807, 2.05) is 18.2 Å². The highest BCUT2D eigenvalue weighted by molar-refractivity contribution is 5.79. The van der Waals surface area contributed by atoms with E-state index in [4.69, 9.17) is 5.73 Å². The molecule has 1 aromatic heterocycles. The second-order valence-electron chi connectivity index (χ2n) is 4.94. The number of nitrogens with one attached hydrogen (secondary N) is 1. The standard InChI is InChI=1S/C15H14N4/c16-13-3-1-2-10-7-19(8-12(10)13)11-4-5-14-15(6-11)18-9-17-14/h1-6,9H,7-8,16H2,(H,17,18). The number of H-pyrrole nitrogens is 1. The van der Waals surface area contributed by atoms with Gasteiger partial charge in [-0.15, -0.1) is 0 Å². The van der Waals surface area contributed by atoms with Gasteiger partial charge in [-0.2, -0.15) is 0 Å². The maximum atomic E-state index is 6.04. The fraction of sp³-hybridized carbons (Fsp3) is 0.133. The number of nitrogens with zero attached hydrogens (tertiary/aromatic N) is 2. The summed E-state index contributed by atoms with van der Waals surface area (Å²) in [4.78, 5) is 9.73. The lowest BCUT2D eigenvalue weighted by molar-refractivity contribution is 0.882. The van der Waals surface area contributed by atoms with E-state index in [1.165, 1.54) is 16.8 Å². The number of nitrogen functional groups attached to an aromatic ring is 1. The van der Waals surface area contributed by atoms with Crippen molar-refractivity contribution in [2.24, 2.45) is 0 Å². The van der Waals surface area contributed by atoms with Crippen LogP contribution in [0.4, 0.5) is 11.4 Å². The van der Waals surface area contributed by atoms with Crippen LogP contribution in [0.2, 0.25) is 0 Å². The SMILES string of the molecule is Nc1cccc2c1CN(c1ccc3nc[nH]c3c1)C2. The summed E-state index contributed by atoms with van der Waals surface area (Å²) in [6.45, 7) is 1.79. The molecule has 4 rings (SSSR count). The number of rotatable bonds is 1. The lowest BCUT2D eigenvalue weighted by Crippen LogP contribution is -2.14. The van der Waals surface area contributed by atoms with Gasteiger partial charge >= 0.3 is 0 Å². The van der Waals surface area contributed by atoms with Crippen molar-refractivity contribution in [2.75, 3.05) is 10.6 Å². The van der Waals surface area contributed by atoms with Crippen LogP contribution in [0.15, 0.2) is 42.7 Å². The number of benzene rings is 2. The van der Waals surface area contributed by atoms with Gasteiger partial charge in [-0.1, -0.05) is 12.1 Å². The summed E-state index contributed by atoms with van der Waals surface area (Å²) in [6.07, 6.45) is 1.73. The van der Waals surface area contributed by atoms with Gasteiger partial charge in [0.1, 0.15) is 0 Å². The molecule has 94 valence electrons. The number of anilines is 2. The van der Waals surface area contributed by atoms with Crippen molar-refractivity contribution < 1.29 is 0 Å². The molecule has 19 heavy (non-hydrogen) atoms. The average Bonchev–Trinajstić information content (AvgIpc) is 3.04. The third-order valence-corrected chi connectivity index (χ3v) is 3.79. The van der Waals surface area contributed by atoms with Crippen LogP contribution in [0.25, 0.3) is 11.0 Å². The molecule has 0 fully saturated rings. The van der Waals surface area contributed by atoms with Crippen LogP contribution in [-0.4, -0.2) is 9.97 Å². The zero-order chi connectivity index (χ0) is 12.8. The molecule has 2 aromatic carbocycles. The summed E-state index contributed by atoms with van der Waals surface area (Å²) in [7, 11) is 0. The quantitative estimate of drug-likeness (QED) is 0.653. The van der Waals surface area contributed by atoms with E-state index < -0.39 is 0 Å². The Morgan fingerprint density at radius 2 is 2.11 bits per heavy atom. The fourth-order valence-corrected chi connectivity index (χ4v) is 2.75. The summed E-state index contributed by atoms with van der Waals surface area (Å²) in [5, 5.41) is 0. The molecule has 0 saturated carbocycles. The monoisotopic (exact) mass is 250 g/mol. The number of aromatic amines is 1. The molecule has 0 unspecified atom stereocenters. The maximum absolute atomic E-state index is 6.04. The Morgan fingerprint density at radius 3 is 3.00 bits per heavy atom. The first-order valence-electron chi connectivity index (χ1n) is 6.35. The first-order chi connectivity index (χ1) is 9.31. The Kier molecular flexibility index (Phi) is 2.06. The normalized spacial score (nSPS) is 14.0. The molecule has 0 atom stereocenters. The lowest BCUT2D eigenvalue weighted by Gasteiger charge is -2.17. The summed E-state index contributed by atoms with van der Waals surface area (Å²) < 4.78 is 0. The van der Waals surface area contributed by atoms with Crippen LogP contribution in [0.5, 0.6) is 0 Å². The summed E-state index contributed by atoms with van der Waals surface area (Å²) in [6, 6.07) is 12.5. The predicted molar refractivity (Wildman–Crippen MR) is 76.8 cm³/mol. The van der Waals surface area contributed by atoms with Gasteiger partial charge in [0.25, 0.3) is 0 Å². The van der Waals surface area contributed by atoms with Gasteiger partial charge in [0, 0.05) is 24.5 Å². The Bertz CT molecular complexity index is 760. The maximum Gasteiger partial charge on any atom is 0.0931 e. The third kappa shape index (κ3) is 1.57. The van der Waals surface area contributed by atoms with Gasteiger partial charge in [-0.3, -0.25) is 0 Å². The summed E-state index contributed by atoms with van der Waals surface area (Å²) >= 11 is 0. The van der Waals surface area contributed by atoms with Gasteiger partial charge in [0.05, 0.1) is 17.4 Å². The highest BCUT2D eigenvalue weighted by Gasteiger charge is 2.21. The van der Waals surface area contributed by atoms with Gasteiger partial charge in [0.15, 0.2) is 0 Å². The van der Waals surface area contributed by atoms with Crippen LogP contribution >= 0.6 is 0 Å². The molecule has 0 spiro atoms. The number of fused-ring (bicyclic) bond motifs is 2. The molecular weight excluding hydrogens is 236 g/mol. The largest absolute Gasteiger partial charge is 0.398 e. The molecular formula is C15H14N4. The molecule has 4 nitrogen and oxygen atoms in total. The fourth-order valence-electron chi connectivity index (χ4n) is 2.75. The number of aromatic nitrogens is 2. The van der Waals surface area contributed by atoms with Gasteiger partial charge < -0.3 is 15.6 Å². The lowest BCUT2D eigenvalue weighted by atomic mass is 10.1. The van der Waals surface area contributed by atoms with Gasteiger partial charge in [0.2, 0.25) is 0 Å². The van der Waals surface area contributed by atoms with Crippen LogP contribution in [0.3, 0.4) is 0 Å². The van der Waals surface area contributed by atoms with Crippen molar-refractivity contribution >= 4 is 22.4 Å². The topological polar surface area (TPSA) is 57.9 Å². The Labute approximate surface area is 110 Å². The van der Waals surface area contributed by atoms with Crippen molar-refractivity contribution in [1.82, 2.24) is 9.97 Å². The first-order valence-corrected chi connectivity index (χ1v) is 6.35. The molecule has 1 aliphatic heterocycles. The minimum absolute atomic E-state index is 0.877. The van der Waals surface area contributed by atoms with Crippen LogP contribution in [0.1, 0.15) is 11.1 Å². The Morgan fingerprint density at radius 1 is 1.16 bits per heavy atom. The molecule has 0 saturated heterocycles. The molecule has 0 aliphatic carbocycles. The average molecular weight is 250 g/mol. The smallest absolute Gasteiger partial charge is 0.0931 e. The molecule has 0 amide bonds.